The van der Waals surface area contributed by atoms with Gasteiger partial charge in [0.2, 0.25) is 16.7 Å². The molecule has 0 radical (unpaired) electrons. The Hall–Kier alpha value is -2.25. The van der Waals surface area contributed by atoms with E-state index in [1.54, 1.807) is 12.1 Å². The molecule has 1 aromatic carbocycles. The molecule has 1 unspecified atom stereocenters. The summed E-state index contributed by atoms with van der Waals surface area (Å²) >= 11 is 0. The molecule has 144 valence electrons. The number of imide groups is 1. The monoisotopic (exact) mass is 431 g/mol. The van der Waals surface area contributed by atoms with E-state index in [9.17, 15) is 32.5 Å². The van der Waals surface area contributed by atoms with E-state index >= 15 is 0 Å². The Morgan fingerprint density at radius 1 is 1.33 bits per heavy atom. The van der Waals surface area contributed by atoms with Crippen molar-refractivity contribution in [2.75, 3.05) is 5.75 Å². The molecule has 0 bridgehead atoms. The normalized spacial score (nSPS) is 16.7. The summed E-state index contributed by atoms with van der Waals surface area (Å²) < 4.78 is 33.3. The van der Waals surface area contributed by atoms with E-state index in [-0.39, 0.29) is 23.4 Å². The number of rotatable bonds is 8. The summed E-state index contributed by atoms with van der Waals surface area (Å²) in [4.78, 5) is 35.3. The van der Waals surface area contributed by atoms with Crippen LogP contribution >= 0.6 is 21.6 Å². The van der Waals surface area contributed by atoms with Gasteiger partial charge in [0.1, 0.15) is 0 Å². The third-order valence-electron chi connectivity index (χ3n) is 3.58. The van der Waals surface area contributed by atoms with Crippen LogP contribution in [0.25, 0.3) is 10.4 Å². The molecule has 0 saturated carbocycles. The molecule has 0 spiro atoms. The van der Waals surface area contributed by atoms with Crippen LogP contribution in [-0.2, 0) is 24.5 Å². The molecule has 11 nitrogen and oxygen atoms in total. The van der Waals surface area contributed by atoms with Gasteiger partial charge in [0.15, 0.2) is 0 Å². The first-order chi connectivity index (χ1) is 12.6. The van der Waals surface area contributed by atoms with E-state index in [0.717, 1.165) is 10.8 Å². The van der Waals surface area contributed by atoms with Gasteiger partial charge in [-0.15, -0.1) is 0 Å². The van der Waals surface area contributed by atoms with Crippen LogP contribution in [0.15, 0.2) is 34.3 Å². The van der Waals surface area contributed by atoms with E-state index in [4.69, 9.17) is 5.53 Å². The summed E-state index contributed by atoms with van der Waals surface area (Å²) in [6, 6.07) is 6.19. The summed E-state index contributed by atoms with van der Waals surface area (Å²) in [5, 5.41) is 15.1. The number of carboxylic acid groups (broad SMARTS) is 1. The lowest BCUT2D eigenvalue weighted by Crippen LogP contribution is -2.67. The minimum Gasteiger partial charge on any atom is -0.546 e. The van der Waals surface area contributed by atoms with Gasteiger partial charge >= 0.3 is 0 Å². The predicted molar refractivity (Wildman–Crippen MR) is 93.9 cm³/mol. The van der Waals surface area contributed by atoms with Crippen molar-refractivity contribution in [3.05, 3.63) is 34.7 Å². The second-order valence-corrected chi connectivity index (χ2v) is 9.14. The first kappa shape index (κ1) is 21.1. The van der Waals surface area contributed by atoms with Crippen molar-refractivity contribution < 1.29 is 32.5 Å². The molecule has 1 heterocycles. The molecular formula is C13H11N4O7S3-. The lowest BCUT2D eigenvalue weighted by molar-refractivity contribution is -0.312. The Bertz CT molecular complexity index is 929. The van der Waals surface area contributed by atoms with E-state index in [1.807, 2.05) is 0 Å². The number of carbonyl (C=O) groups is 3. The molecule has 1 aromatic rings. The zero-order chi connectivity index (χ0) is 20.2. The first-order valence-corrected chi connectivity index (χ1v) is 10.9. The maximum absolute atomic E-state index is 11.9. The molecule has 0 aliphatic carbocycles. The van der Waals surface area contributed by atoms with Gasteiger partial charge in [-0.05, 0) is 11.6 Å². The van der Waals surface area contributed by atoms with Gasteiger partial charge in [0.25, 0.3) is 10.1 Å². The Morgan fingerprint density at radius 3 is 2.44 bits per heavy atom. The minimum atomic E-state index is -5.44. The second kappa shape index (κ2) is 8.19. The van der Waals surface area contributed by atoms with Crippen molar-refractivity contribution in [1.29, 1.82) is 0 Å². The number of carboxylic acids is 1. The lowest BCUT2D eigenvalue weighted by Gasteiger charge is -2.37. The van der Waals surface area contributed by atoms with Gasteiger partial charge in [-0.3, -0.25) is 19.0 Å². The van der Waals surface area contributed by atoms with Crippen molar-refractivity contribution >= 4 is 55.2 Å². The molecule has 1 fully saturated rings. The molecule has 0 aromatic heterocycles. The van der Waals surface area contributed by atoms with Crippen LogP contribution in [0.1, 0.15) is 12.8 Å². The number of nitrogens with zero attached hydrogens (tertiary/aromatic N) is 4. The zero-order valence-corrected chi connectivity index (χ0v) is 15.8. The van der Waals surface area contributed by atoms with Crippen molar-refractivity contribution in [3.8, 4) is 0 Å². The number of likely N-dealkylation sites (tertiary alicyclic amines) is 1. The molecule has 1 aliphatic heterocycles. The van der Waals surface area contributed by atoms with Gasteiger partial charge in [0.05, 0.1) is 17.4 Å². The lowest BCUT2D eigenvalue weighted by atomic mass is 10.3. The number of aliphatic carboxylic acids is 1. The van der Waals surface area contributed by atoms with Crippen molar-refractivity contribution in [2.24, 2.45) is 5.11 Å². The van der Waals surface area contributed by atoms with Gasteiger partial charge in [0, 0.05) is 22.6 Å². The van der Waals surface area contributed by atoms with Crippen LogP contribution in [0.5, 0.6) is 0 Å². The van der Waals surface area contributed by atoms with Gasteiger partial charge < -0.3 is 9.90 Å². The van der Waals surface area contributed by atoms with Crippen molar-refractivity contribution in [2.45, 2.75) is 22.6 Å². The molecule has 1 atom stereocenters. The number of hydrogen-bond donors (Lipinski definition) is 1. The van der Waals surface area contributed by atoms with Crippen LogP contribution in [0.4, 0.5) is 5.69 Å². The van der Waals surface area contributed by atoms with E-state index in [2.05, 4.69) is 10.0 Å². The van der Waals surface area contributed by atoms with Crippen LogP contribution in [0.2, 0.25) is 0 Å². The van der Waals surface area contributed by atoms with Crippen LogP contribution in [-0.4, -0.2) is 46.3 Å². The molecule has 27 heavy (non-hydrogen) atoms. The summed E-state index contributed by atoms with van der Waals surface area (Å²) in [7, 11) is -3.97. The summed E-state index contributed by atoms with van der Waals surface area (Å²) in [5.41, 5.74) is 8.75. The number of azide groups is 1. The largest absolute Gasteiger partial charge is 0.546 e. The fraction of sp³-hybridized carbons (Fsp3) is 0.308. The minimum absolute atomic E-state index is 0.0323. The molecule has 1 aliphatic rings. The topological polar surface area (TPSA) is 181 Å². The Kier molecular flexibility index (Phi) is 6.38. The zero-order valence-electron chi connectivity index (χ0n) is 13.3. The third-order valence-corrected chi connectivity index (χ3v) is 7.53. The molecule has 1 saturated heterocycles. The molecular weight excluding hydrogens is 420 g/mol. The SMILES string of the molecule is [N-]=[N+]=Nc1ccccc1SSCC(C(=O)[O-])(N1C(=O)CCC1=O)S(=O)(=O)O. The maximum Gasteiger partial charge on any atom is 0.296 e. The Balaban J connectivity index is 2.37. The number of carbonyl (C=O) groups excluding carboxylic acids is 3. The highest BCUT2D eigenvalue weighted by atomic mass is 33.1. The quantitative estimate of drug-likeness (QED) is 0.156. The summed E-state index contributed by atoms with van der Waals surface area (Å²) in [6.07, 6.45) is -0.748. The van der Waals surface area contributed by atoms with Crippen molar-refractivity contribution in [1.82, 2.24) is 4.90 Å². The average molecular weight is 431 g/mol. The van der Waals surface area contributed by atoms with Gasteiger partial charge in [-0.1, -0.05) is 44.9 Å². The van der Waals surface area contributed by atoms with Crippen LogP contribution in [0, 0.1) is 0 Å². The van der Waals surface area contributed by atoms with Gasteiger partial charge in [-0.2, -0.15) is 8.42 Å². The fourth-order valence-electron chi connectivity index (χ4n) is 2.32. The second-order valence-electron chi connectivity index (χ2n) is 5.17. The van der Waals surface area contributed by atoms with Gasteiger partial charge in [-0.25, -0.2) is 0 Å². The average Bonchev–Trinajstić information content (AvgIpc) is 2.91. The molecule has 1 N–H and O–H groups in total. The molecule has 14 heteroatoms. The maximum atomic E-state index is 11.9. The number of hydrogen-bond acceptors (Lipinski definition) is 9. The van der Waals surface area contributed by atoms with Crippen LogP contribution < -0.4 is 5.11 Å². The summed E-state index contributed by atoms with van der Waals surface area (Å²) in [6.45, 7) is 0. The van der Waals surface area contributed by atoms with Crippen LogP contribution in [0.3, 0.4) is 0 Å². The number of amides is 2. The highest BCUT2D eigenvalue weighted by Crippen LogP contribution is 2.41. The summed E-state index contributed by atoms with van der Waals surface area (Å²) in [5.74, 6) is -5.28. The Labute approximate surface area is 160 Å². The predicted octanol–water partition coefficient (Wildman–Crippen LogP) is 0.852. The standard InChI is InChI=1S/C13H12N4O7S3/c14-16-15-8-3-1-2-4-9(8)26-25-7-13(12(20)21,27(22,23)24)17-10(18)5-6-11(17)19/h1-4H,5-7H2,(H,20,21)(H,22,23,24)/p-1. The molecule has 2 rings (SSSR count). The number of benzene rings is 1. The highest BCUT2D eigenvalue weighted by Gasteiger charge is 2.56. The van der Waals surface area contributed by atoms with E-state index < -0.39 is 38.5 Å². The third kappa shape index (κ3) is 4.04. The first-order valence-electron chi connectivity index (χ1n) is 7.13. The van der Waals surface area contributed by atoms with Crippen molar-refractivity contribution in [3.63, 3.8) is 0 Å². The highest BCUT2D eigenvalue weighted by molar-refractivity contribution is 8.76. The molecule has 2 amide bonds. The van der Waals surface area contributed by atoms with E-state index in [0.29, 0.717) is 15.7 Å². The van der Waals surface area contributed by atoms with E-state index in [1.165, 1.54) is 12.1 Å². The fourth-order valence-corrected chi connectivity index (χ4v) is 6.37. The Morgan fingerprint density at radius 2 is 1.93 bits per heavy atom. The smallest absolute Gasteiger partial charge is 0.296 e.